The van der Waals surface area contributed by atoms with Crippen LogP contribution in [0.15, 0.2) is 12.4 Å². The first kappa shape index (κ1) is 5.68. The van der Waals surface area contributed by atoms with Crippen LogP contribution in [0.1, 0.15) is 5.82 Å². The topological polar surface area (TPSA) is 65.4 Å². The molecule has 0 spiro atoms. The molecular weight excluding hydrogens is 116 g/mol. The minimum atomic E-state index is 0.665. The smallest absolute Gasteiger partial charge is 0.148 e. The number of allylic oxidation sites excluding steroid dienone is 1. The highest BCUT2D eigenvalue weighted by molar-refractivity contribution is 5.74. The highest BCUT2D eigenvalue weighted by Gasteiger charge is 1.82. The van der Waals surface area contributed by atoms with Gasteiger partial charge in [-0.15, -0.1) is 0 Å². The average molecular weight is 122 g/mol. The number of hydrogen-bond acceptors (Lipinski definition) is 3. The Bertz CT molecular complexity index is 199. The van der Waals surface area contributed by atoms with Crippen molar-refractivity contribution in [2.24, 2.45) is 0 Å². The summed E-state index contributed by atoms with van der Waals surface area (Å²) >= 11 is 0. The van der Waals surface area contributed by atoms with Gasteiger partial charge in [-0.1, -0.05) is 0 Å². The van der Waals surface area contributed by atoms with Gasteiger partial charge in [0.2, 0.25) is 0 Å². The maximum absolute atomic E-state index is 6.63. The van der Waals surface area contributed by atoms with E-state index in [1.54, 1.807) is 12.2 Å². The van der Waals surface area contributed by atoms with E-state index in [2.05, 4.69) is 15.2 Å². The van der Waals surface area contributed by atoms with Crippen LogP contribution in [-0.4, -0.2) is 21.4 Å². The second-order valence-electron chi connectivity index (χ2n) is 1.40. The highest BCUT2D eigenvalue weighted by Crippen LogP contribution is 1.86. The Labute approximate surface area is 52.1 Å². The molecule has 0 saturated heterocycles. The monoisotopic (exact) mass is 122 g/mol. The third kappa shape index (κ3) is 1.49. The van der Waals surface area contributed by atoms with Crippen LogP contribution in [-0.2, 0) is 0 Å². The van der Waals surface area contributed by atoms with Crippen molar-refractivity contribution in [3.63, 3.8) is 0 Å². The van der Waals surface area contributed by atoms with Gasteiger partial charge in [0.15, 0.2) is 0 Å². The van der Waals surface area contributed by atoms with E-state index in [-0.39, 0.29) is 0 Å². The molecule has 0 aromatic carbocycles. The standard InChI is InChI=1S/C5H6N4/c6-3-1-2-5-7-4-8-9-5/h1-4,6H,(H,7,8,9). The lowest BCUT2D eigenvalue weighted by Crippen LogP contribution is -1.73. The lowest BCUT2D eigenvalue weighted by atomic mass is 10.5. The number of nitrogens with one attached hydrogen (secondary N) is 2. The molecule has 46 valence electrons. The molecule has 1 aromatic rings. The van der Waals surface area contributed by atoms with Crippen molar-refractivity contribution in [2.75, 3.05) is 0 Å². The molecule has 0 unspecified atom stereocenters. The maximum atomic E-state index is 6.63. The third-order valence-corrected chi connectivity index (χ3v) is 0.784. The SMILES string of the molecule is N=CC=Cc1ncn[nH]1. The van der Waals surface area contributed by atoms with E-state index in [0.717, 1.165) is 0 Å². The summed E-state index contributed by atoms with van der Waals surface area (Å²) < 4.78 is 0. The molecule has 0 aliphatic carbocycles. The summed E-state index contributed by atoms with van der Waals surface area (Å²) in [5.41, 5.74) is 0. The first-order valence-corrected chi connectivity index (χ1v) is 2.46. The van der Waals surface area contributed by atoms with Gasteiger partial charge < -0.3 is 5.41 Å². The van der Waals surface area contributed by atoms with E-state index in [4.69, 9.17) is 5.41 Å². The summed E-state index contributed by atoms with van der Waals surface area (Å²) in [4.78, 5) is 3.80. The Kier molecular flexibility index (Phi) is 1.74. The number of aromatic amines is 1. The van der Waals surface area contributed by atoms with Gasteiger partial charge in [-0.3, -0.25) is 5.10 Å². The number of aromatic nitrogens is 3. The Morgan fingerprint density at radius 1 is 1.67 bits per heavy atom. The molecular formula is C5H6N4. The van der Waals surface area contributed by atoms with Crippen molar-refractivity contribution in [1.29, 1.82) is 5.41 Å². The van der Waals surface area contributed by atoms with Crippen LogP contribution < -0.4 is 0 Å². The first-order chi connectivity index (χ1) is 4.43. The van der Waals surface area contributed by atoms with Gasteiger partial charge in [0, 0.05) is 6.21 Å². The summed E-state index contributed by atoms with van der Waals surface area (Å²) in [7, 11) is 0. The van der Waals surface area contributed by atoms with Gasteiger partial charge in [-0.2, -0.15) is 5.10 Å². The Morgan fingerprint density at radius 2 is 2.56 bits per heavy atom. The fourth-order valence-corrected chi connectivity index (χ4v) is 0.434. The van der Waals surface area contributed by atoms with Crippen LogP contribution in [0.3, 0.4) is 0 Å². The fraction of sp³-hybridized carbons (Fsp3) is 0. The van der Waals surface area contributed by atoms with Gasteiger partial charge in [-0.05, 0) is 12.2 Å². The Hall–Kier alpha value is -1.45. The molecule has 1 heterocycles. The molecule has 0 amide bonds. The number of H-pyrrole nitrogens is 1. The summed E-state index contributed by atoms with van der Waals surface area (Å²) in [5, 5.41) is 12.9. The van der Waals surface area contributed by atoms with Crippen molar-refractivity contribution in [3.8, 4) is 0 Å². The van der Waals surface area contributed by atoms with Crippen molar-refractivity contribution in [1.82, 2.24) is 15.2 Å². The molecule has 1 rings (SSSR count). The molecule has 0 saturated carbocycles. The van der Waals surface area contributed by atoms with E-state index in [1.165, 1.54) is 12.5 Å². The van der Waals surface area contributed by atoms with Crippen LogP contribution in [0.4, 0.5) is 0 Å². The molecule has 0 aliphatic heterocycles. The quantitative estimate of drug-likeness (QED) is 0.560. The maximum Gasteiger partial charge on any atom is 0.148 e. The molecule has 1 aromatic heterocycles. The van der Waals surface area contributed by atoms with Crippen molar-refractivity contribution >= 4 is 12.3 Å². The van der Waals surface area contributed by atoms with Crippen LogP contribution >= 0.6 is 0 Å². The first-order valence-electron chi connectivity index (χ1n) is 2.46. The van der Waals surface area contributed by atoms with Crippen molar-refractivity contribution < 1.29 is 0 Å². The summed E-state index contributed by atoms with van der Waals surface area (Å²) in [5.74, 6) is 0.665. The van der Waals surface area contributed by atoms with Gasteiger partial charge in [0.05, 0.1) is 0 Å². The van der Waals surface area contributed by atoms with Gasteiger partial charge in [-0.25, -0.2) is 4.98 Å². The minimum absolute atomic E-state index is 0.665. The van der Waals surface area contributed by atoms with E-state index >= 15 is 0 Å². The number of hydrogen-bond donors (Lipinski definition) is 2. The molecule has 0 radical (unpaired) electrons. The predicted molar refractivity (Wildman–Crippen MR) is 34.2 cm³/mol. The molecule has 4 nitrogen and oxygen atoms in total. The summed E-state index contributed by atoms with van der Waals surface area (Å²) in [6, 6.07) is 0. The van der Waals surface area contributed by atoms with E-state index in [1.807, 2.05) is 0 Å². The Morgan fingerprint density at radius 3 is 3.11 bits per heavy atom. The van der Waals surface area contributed by atoms with Gasteiger partial charge >= 0.3 is 0 Å². The molecule has 0 fully saturated rings. The third-order valence-electron chi connectivity index (χ3n) is 0.784. The van der Waals surface area contributed by atoms with Crippen molar-refractivity contribution in [2.45, 2.75) is 0 Å². The molecule has 4 heteroatoms. The van der Waals surface area contributed by atoms with Gasteiger partial charge in [0.1, 0.15) is 12.2 Å². The molecule has 9 heavy (non-hydrogen) atoms. The minimum Gasteiger partial charge on any atom is -0.309 e. The van der Waals surface area contributed by atoms with Crippen LogP contribution in [0.25, 0.3) is 6.08 Å². The lowest BCUT2D eigenvalue weighted by Gasteiger charge is -1.74. The summed E-state index contributed by atoms with van der Waals surface area (Å²) in [6.45, 7) is 0. The van der Waals surface area contributed by atoms with E-state index < -0.39 is 0 Å². The second-order valence-corrected chi connectivity index (χ2v) is 1.40. The molecule has 2 N–H and O–H groups in total. The molecule has 0 aliphatic rings. The zero-order chi connectivity index (χ0) is 6.53. The number of rotatable bonds is 2. The van der Waals surface area contributed by atoms with Crippen LogP contribution in [0.5, 0.6) is 0 Å². The van der Waals surface area contributed by atoms with Gasteiger partial charge in [0.25, 0.3) is 0 Å². The van der Waals surface area contributed by atoms with E-state index in [0.29, 0.717) is 5.82 Å². The average Bonchev–Trinajstić information content (AvgIpc) is 2.34. The zero-order valence-corrected chi connectivity index (χ0v) is 4.70. The molecule has 0 bridgehead atoms. The zero-order valence-electron chi connectivity index (χ0n) is 4.70. The Balaban J connectivity index is 2.67. The van der Waals surface area contributed by atoms with Crippen LogP contribution in [0, 0.1) is 5.41 Å². The normalized spacial score (nSPS) is 10.2. The molecule has 0 atom stereocenters. The van der Waals surface area contributed by atoms with Crippen LogP contribution in [0.2, 0.25) is 0 Å². The van der Waals surface area contributed by atoms with Crippen molar-refractivity contribution in [3.05, 3.63) is 18.2 Å². The predicted octanol–water partition coefficient (Wildman–Crippen LogP) is 0.467. The fourth-order valence-electron chi connectivity index (χ4n) is 0.434. The van der Waals surface area contributed by atoms with E-state index in [9.17, 15) is 0 Å². The lowest BCUT2D eigenvalue weighted by molar-refractivity contribution is 1.08. The largest absolute Gasteiger partial charge is 0.309 e. The number of nitrogens with zero attached hydrogens (tertiary/aromatic N) is 2. The summed E-state index contributed by atoms with van der Waals surface area (Å²) in [6.07, 6.45) is 5.84. The highest BCUT2D eigenvalue weighted by atomic mass is 15.2. The second kappa shape index (κ2) is 2.76.